The van der Waals surface area contributed by atoms with E-state index in [1.54, 1.807) is 13.2 Å². The fourth-order valence-electron chi connectivity index (χ4n) is 3.14. The smallest absolute Gasteiger partial charge is 0.318 e. The summed E-state index contributed by atoms with van der Waals surface area (Å²) in [7, 11) is 1.62. The van der Waals surface area contributed by atoms with Crippen molar-refractivity contribution < 1.29 is 13.9 Å². The molecule has 0 bridgehead atoms. The molecule has 0 radical (unpaired) electrons. The van der Waals surface area contributed by atoms with Crippen LogP contribution in [0.4, 0.5) is 14.9 Å². The summed E-state index contributed by atoms with van der Waals surface area (Å²) in [5.41, 5.74) is 1.78. The van der Waals surface area contributed by atoms with Gasteiger partial charge in [-0.25, -0.2) is 9.78 Å². The van der Waals surface area contributed by atoms with E-state index in [1.165, 1.54) is 12.3 Å². The summed E-state index contributed by atoms with van der Waals surface area (Å²) in [6.07, 6.45) is 1.46. The van der Waals surface area contributed by atoms with Crippen LogP contribution in [0.15, 0.2) is 42.6 Å². The number of halogens is 1. The number of nitrogens with one attached hydrogen (secondary N) is 1. The number of pyridine rings is 1. The van der Waals surface area contributed by atoms with Gasteiger partial charge >= 0.3 is 6.03 Å². The van der Waals surface area contributed by atoms with E-state index in [1.807, 2.05) is 36.1 Å². The maximum absolute atomic E-state index is 13.3. The molecule has 1 fully saturated rings. The topological polar surface area (TPSA) is 57.7 Å². The third-order valence-corrected chi connectivity index (χ3v) is 4.54. The van der Waals surface area contributed by atoms with Gasteiger partial charge in [0.1, 0.15) is 5.75 Å². The number of carbonyl (C=O) groups excluding carboxylic acids is 1. The molecule has 2 heterocycles. The summed E-state index contributed by atoms with van der Waals surface area (Å²) < 4.78 is 18.5. The Morgan fingerprint density at radius 1 is 1.35 bits per heavy atom. The highest BCUT2D eigenvalue weighted by atomic mass is 19.1. The first kappa shape index (κ1) is 18.0. The van der Waals surface area contributed by atoms with E-state index in [4.69, 9.17) is 4.74 Å². The highest BCUT2D eigenvalue weighted by Crippen LogP contribution is 2.19. The fourth-order valence-corrected chi connectivity index (χ4v) is 3.14. The van der Waals surface area contributed by atoms with Gasteiger partial charge in [-0.3, -0.25) is 0 Å². The largest absolute Gasteiger partial charge is 0.497 e. The van der Waals surface area contributed by atoms with Crippen molar-refractivity contribution >= 4 is 11.7 Å². The zero-order chi connectivity index (χ0) is 18.5. The van der Waals surface area contributed by atoms with E-state index in [-0.39, 0.29) is 12.1 Å². The van der Waals surface area contributed by atoms with E-state index in [0.717, 1.165) is 17.0 Å². The number of piperazine rings is 1. The van der Waals surface area contributed by atoms with E-state index in [9.17, 15) is 9.18 Å². The van der Waals surface area contributed by atoms with Crippen LogP contribution in [0, 0.1) is 5.95 Å². The van der Waals surface area contributed by atoms with Crippen LogP contribution in [0.2, 0.25) is 0 Å². The average molecular weight is 358 g/mol. The van der Waals surface area contributed by atoms with E-state index in [2.05, 4.69) is 15.2 Å². The Labute approximate surface area is 152 Å². The molecule has 1 aliphatic heterocycles. The van der Waals surface area contributed by atoms with E-state index >= 15 is 0 Å². The molecule has 0 saturated carbocycles. The maximum atomic E-state index is 13.3. The quantitative estimate of drug-likeness (QED) is 0.854. The number of hydrogen-bond acceptors (Lipinski definition) is 4. The summed E-state index contributed by atoms with van der Waals surface area (Å²) >= 11 is 0. The first-order valence-electron chi connectivity index (χ1n) is 8.60. The van der Waals surface area contributed by atoms with Crippen LogP contribution in [-0.4, -0.2) is 48.7 Å². The second-order valence-corrected chi connectivity index (χ2v) is 6.34. The highest BCUT2D eigenvalue weighted by molar-refractivity contribution is 5.75. The molecule has 26 heavy (non-hydrogen) atoms. The summed E-state index contributed by atoms with van der Waals surface area (Å²) in [5, 5.41) is 2.96. The normalized spacial score (nSPS) is 17.1. The molecule has 1 saturated heterocycles. The maximum Gasteiger partial charge on any atom is 0.318 e. The minimum atomic E-state index is -0.492. The number of rotatable bonds is 4. The fraction of sp³-hybridized carbons (Fsp3) is 0.368. The van der Waals surface area contributed by atoms with Gasteiger partial charge < -0.3 is 19.9 Å². The van der Waals surface area contributed by atoms with Crippen LogP contribution in [0.1, 0.15) is 12.5 Å². The Hall–Kier alpha value is -2.83. The molecule has 1 N–H and O–H groups in total. The highest BCUT2D eigenvalue weighted by Gasteiger charge is 2.27. The van der Waals surface area contributed by atoms with Gasteiger partial charge in [-0.05, 0) is 30.7 Å². The molecule has 0 unspecified atom stereocenters. The first-order valence-corrected chi connectivity index (χ1v) is 8.60. The van der Waals surface area contributed by atoms with Crippen molar-refractivity contribution in [2.75, 3.05) is 31.6 Å². The van der Waals surface area contributed by atoms with Gasteiger partial charge in [-0.1, -0.05) is 12.1 Å². The number of aromatic nitrogens is 1. The molecule has 1 aromatic heterocycles. The van der Waals surface area contributed by atoms with Crippen LogP contribution in [-0.2, 0) is 6.54 Å². The summed E-state index contributed by atoms with van der Waals surface area (Å²) in [5.74, 6) is 0.275. The van der Waals surface area contributed by atoms with Gasteiger partial charge in [0.05, 0.1) is 7.11 Å². The molecule has 6 nitrogen and oxygen atoms in total. The van der Waals surface area contributed by atoms with Gasteiger partial charge in [0, 0.05) is 50.2 Å². The zero-order valence-corrected chi connectivity index (χ0v) is 15.0. The Balaban J connectivity index is 1.56. The van der Waals surface area contributed by atoms with Crippen LogP contribution < -0.4 is 15.0 Å². The molecular formula is C19H23FN4O2. The monoisotopic (exact) mass is 358 g/mol. The third-order valence-electron chi connectivity index (χ3n) is 4.54. The van der Waals surface area contributed by atoms with Crippen molar-refractivity contribution in [2.45, 2.75) is 19.5 Å². The van der Waals surface area contributed by atoms with Gasteiger partial charge in [-0.2, -0.15) is 4.39 Å². The zero-order valence-electron chi connectivity index (χ0n) is 15.0. The second-order valence-electron chi connectivity index (χ2n) is 6.34. The molecule has 2 aromatic rings. The second kappa shape index (κ2) is 8.03. The average Bonchev–Trinajstić information content (AvgIpc) is 2.66. The number of hydrogen-bond donors (Lipinski definition) is 1. The van der Waals surface area contributed by atoms with Crippen LogP contribution in [0.25, 0.3) is 0 Å². The van der Waals surface area contributed by atoms with Gasteiger partial charge in [0.15, 0.2) is 0 Å². The molecule has 0 aliphatic carbocycles. The van der Waals surface area contributed by atoms with Crippen LogP contribution >= 0.6 is 0 Å². The lowest BCUT2D eigenvalue weighted by molar-refractivity contribution is 0.171. The molecule has 1 aliphatic rings. The van der Waals surface area contributed by atoms with Crippen molar-refractivity contribution in [1.82, 2.24) is 15.2 Å². The Kier molecular flexibility index (Phi) is 5.55. The lowest BCUT2D eigenvalue weighted by atomic mass is 10.1. The number of benzene rings is 1. The van der Waals surface area contributed by atoms with Crippen LogP contribution in [0.5, 0.6) is 5.75 Å². The van der Waals surface area contributed by atoms with Gasteiger partial charge in [-0.15, -0.1) is 0 Å². The summed E-state index contributed by atoms with van der Waals surface area (Å²) in [6, 6.07) is 10.7. The Morgan fingerprint density at radius 2 is 2.19 bits per heavy atom. The Morgan fingerprint density at radius 3 is 2.92 bits per heavy atom. The number of nitrogens with zero attached hydrogens (tertiary/aromatic N) is 3. The van der Waals surface area contributed by atoms with Crippen molar-refractivity contribution in [3.63, 3.8) is 0 Å². The number of carbonyl (C=O) groups is 1. The molecule has 1 atom stereocenters. The molecule has 138 valence electrons. The summed E-state index contributed by atoms with van der Waals surface area (Å²) in [6.45, 7) is 4.32. The van der Waals surface area contributed by atoms with Gasteiger partial charge in [0.25, 0.3) is 0 Å². The molecule has 2 amide bonds. The van der Waals surface area contributed by atoms with Crippen molar-refractivity contribution in [1.29, 1.82) is 0 Å². The van der Waals surface area contributed by atoms with Crippen molar-refractivity contribution in [3.8, 4) is 5.75 Å². The van der Waals surface area contributed by atoms with E-state index in [0.29, 0.717) is 26.2 Å². The number of anilines is 1. The lowest BCUT2D eigenvalue weighted by Gasteiger charge is -2.40. The molecule has 0 spiro atoms. The molecule has 7 heteroatoms. The van der Waals surface area contributed by atoms with Crippen LogP contribution in [0.3, 0.4) is 0 Å². The number of ether oxygens (including phenoxy) is 1. The molecule has 3 rings (SSSR count). The lowest BCUT2D eigenvalue weighted by Crippen LogP contribution is -2.56. The SMILES string of the molecule is COc1cccc(CNC(=O)N2CCN(c3ccnc(F)c3)C[C@H]2C)c1. The molecular weight excluding hydrogens is 335 g/mol. The first-order chi connectivity index (χ1) is 12.6. The summed E-state index contributed by atoms with van der Waals surface area (Å²) in [4.78, 5) is 20.0. The Bertz CT molecular complexity index is 771. The van der Waals surface area contributed by atoms with E-state index < -0.39 is 5.95 Å². The number of amides is 2. The minimum Gasteiger partial charge on any atom is -0.497 e. The standard InChI is InChI=1S/C19H23FN4O2/c1-14-13-23(16-6-7-21-18(20)11-16)8-9-24(14)19(25)22-12-15-4-3-5-17(10-15)26-2/h3-7,10-11,14H,8-9,12-13H2,1-2H3,(H,22,25)/t14-/m1/s1. The van der Waals surface area contributed by atoms with Crippen molar-refractivity contribution in [3.05, 3.63) is 54.1 Å². The number of methoxy groups -OCH3 is 1. The minimum absolute atomic E-state index is 0.0188. The predicted octanol–water partition coefficient (Wildman–Crippen LogP) is 2.65. The van der Waals surface area contributed by atoms with Gasteiger partial charge in [0.2, 0.25) is 5.95 Å². The molecule has 1 aromatic carbocycles. The number of urea groups is 1. The predicted molar refractivity (Wildman–Crippen MR) is 97.8 cm³/mol. The third kappa shape index (κ3) is 4.22. The van der Waals surface area contributed by atoms with Crippen molar-refractivity contribution in [2.24, 2.45) is 0 Å².